The smallest absolute Gasteiger partial charge is 0.313 e. The Balaban J connectivity index is 1.54. The van der Waals surface area contributed by atoms with Gasteiger partial charge in [0.2, 0.25) is 5.91 Å². The molecule has 0 spiro atoms. The molecule has 2 aromatic rings. The van der Waals surface area contributed by atoms with E-state index in [1.165, 1.54) is 12.1 Å². The van der Waals surface area contributed by atoms with E-state index in [2.05, 4.69) is 15.9 Å². The van der Waals surface area contributed by atoms with Crippen molar-refractivity contribution in [1.82, 2.24) is 4.90 Å². The van der Waals surface area contributed by atoms with Crippen molar-refractivity contribution in [3.05, 3.63) is 58.3 Å². The zero-order valence-corrected chi connectivity index (χ0v) is 17.2. The third-order valence-electron chi connectivity index (χ3n) is 5.40. The maximum absolute atomic E-state index is 13.9. The third kappa shape index (κ3) is 3.31. The SMILES string of the molecule is CC12CCC(=O)N1c1ccccc1C(=O)N2CCC(=O)Oc1ccc(Br)cc1F. The number of amides is 2. The van der Waals surface area contributed by atoms with Gasteiger partial charge in [-0.15, -0.1) is 0 Å². The van der Waals surface area contributed by atoms with Crippen LogP contribution < -0.4 is 9.64 Å². The molecule has 2 aliphatic rings. The van der Waals surface area contributed by atoms with Crippen molar-refractivity contribution in [1.29, 1.82) is 0 Å². The second kappa shape index (κ2) is 7.26. The fraction of sp³-hybridized carbons (Fsp3) is 0.286. The van der Waals surface area contributed by atoms with Gasteiger partial charge in [-0.2, -0.15) is 0 Å². The predicted molar refractivity (Wildman–Crippen MR) is 107 cm³/mol. The predicted octanol–water partition coefficient (Wildman–Crippen LogP) is 3.88. The molecule has 2 amide bonds. The number of carbonyl (C=O) groups excluding carboxylic acids is 3. The molecule has 2 aliphatic heterocycles. The van der Waals surface area contributed by atoms with Gasteiger partial charge in [0.15, 0.2) is 11.6 Å². The van der Waals surface area contributed by atoms with E-state index in [0.717, 1.165) is 0 Å². The molecule has 0 bridgehead atoms. The summed E-state index contributed by atoms with van der Waals surface area (Å²) in [6, 6.07) is 11.1. The second-order valence-corrected chi connectivity index (χ2v) is 8.13. The van der Waals surface area contributed by atoms with Gasteiger partial charge in [-0.25, -0.2) is 4.39 Å². The largest absolute Gasteiger partial charge is 0.423 e. The number of esters is 1. The molecule has 0 aromatic heterocycles. The molecule has 2 aromatic carbocycles. The number of fused-ring (bicyclic) bond motifs is 3. The van der Waals surface area contributed by atoms with Crippen LogP contribution in [0.2, 0.25) is 0 Å². The Bertz CT molecular complexity index is 1030. The number of halogens is 2. The lowest BCUT2D eigenvalue weighted by molar-refractivity contribution is -0.135. The molecule has 6 nitrogen and oxygen atoms in total. The van der Waals surface area contributed by atoms with Crippen molar-refractivity contribution in [2.24, 2.45) is 0 Å². The minimum absolute atomic E-state index is 0.0584. The molecule has 1 unspecified atom stereocenters. The molecule has 4 rings (SSSR count). The number of para-hydroxylation sites is 1. The lowest BCUT2D eigenvalue weighted by Crippen LogP contribution is -2.62. The van der Waals surface area contributed by atoms with Crippen molar-refractivity contribution in [3.8, 4) is 5.75 Å². The number of benzene rings is 2. The molecule has 8 heteroatoms. The van der Waals surface area contributed by atoms with E-state index in [1.54, 1.807) is 40.1 Å². The summed E-state index contributed by atoms with van der Waals surface area (Å²) in [6.45, 7) is 1.88. The van der Waals surface area contributed by atoms with Gasteiger partial charge >= 0.3 is 5.97 Å². The molecule has 0 N–H and O–H groups in total. The van der Waals surface area contributed by atoms with Crippen LogP contribution in [0.15, 0.2) is 46.9 Å². The van der Waals surface area contributed by atoms with Crippen molar-refractivity contribution in [2.45, 2.75) is 31.8 Å². The van der Waals surface area contributed by atoms with Gasteiger partial charge in [0, 0.05) is 17.4 Å². The standard InChI is InChI=1S/C21H18BrFN2O4/c1-21-10-8-18(26)25(21)16-5-3-2-4-14(16)20(28)24(21)11-9-19(27)29-17-7-6-13(22)12-15(17)23/h2-7,12H,8-11H2,1H3. The highest BCUT2D eigenvalue weighted by Gasteiger charge is 2.52. The number of nitrogens with zero attached hydrogens (tertiary/aromatic N) is 2. The molecule has 29 heavy (non-hydrogen) atoms. The van der Waals surface area contributed by atoms with Gasteiger partial charge in [0.1, 0.15) is 5.66 Å². The van der Waals surface area contributed by atoms with Crippen molar-refractivity contribution in [2.75, 3.05) is 11.4 Å². The molecule has 0 aliphatic carbocycles. The number of rotatable bonds is 4. The number of hydrogen-bond acceptors (Lipinski definition) is 4. The summed E-state index contributed by atoms with van der Waals surface area (Å²) in [6.07, 6.45) is 0.673. The van der Waals surface area contributed by atoms with E-state index < -0.39 is 17.4 Å². The first-order chi connectivity index (χ1) is 13.8. The molecule has 0 radical (unpaired) electrons. The van der Waals surface area contributed by atoms with Crippen molar-refractivity contribution < 1.29 is 23.5 Å². The van der Waals surface area contributed by atoms with Gasteiger partial charge < -0.3 is 9.64 Å². The number of ether oxygens (including phenoxy) is 1. The molecule has 1 fully saturated rings. The average molecular weight is 461 g/mol. The summed E-state index contributed by atoms with van der Waals surface area (Å²) in [5.41, 5.74) is 0.178. The Morgan fingerprint density at radius 3 is 2.76 bits per heavy atom. The first-order valence-electron chi connectivity index (χ1n) is 9.21. The fourth-order valence-electron chi connectivity index (χ4n) is 3.98. The van der Waals surface area contributed by atoms with E-state index in [1.807, 2.05) is 6.92 Å². The lowest BCUT2D eigenvalue weighted by Gasteiger charge is -2.48. The van der Waals surface area contributed by atoms with Crippen LogP contribution in [0.4, 0.5) is 10.1 Å². The summed E-state index contributed by atoms with van der Waals surface area (Å²) in [4.78, 5) is 41.1. The zero-order chi connectivity index (χ0) is 20.8. The Morgan fingerprint density at radius 2 is 2.00 bits per heavy atom. The minimum Gasteiger partial charge on any atom is -0.423 e. The summed E-state index contributed by atoms with van der Waals surface area (Å²) in [5.74, 6) is -1.78. The molecule has 2 heterocycles. The van der Waals surface area contributed by atoms with E-state index >= 15 is 0 Å². The van der Waals surface area contributed by atoms with Crippen LogP contribution in [0.1, 0.15) is 36.5 Å². The Kier molecular flexibility index (Phi) is 4.90. The van der Waals surface area contributed by atoms with Crippen LogP contribution in [-0.4, -0.2) is 34.9 Å². The van der Waals surface area contributed by atoms with E-state index in [4.69, 9.17) is 4.74 Å². The quantitative estimate of drug-likeness (QED) is 0.512. The monoisotopic (exact) mass is 460 g/mol. The summed E-state index contributed by atoms with van der Waals surface area (Å²) >= 11 is 3.15. The Morgan fingerprint density at radius 1 is 1.24 bits per heavy atom. The second-order valence-electron chi connectivity index (χ2n) is 7.22. The van der Waals surface area contributed by atoms with E-state index in [-0.39, 0.29) is 30.5 Å². The first-order valence-corrected chi connectivity index (χ1v) is 10.0. The van der Waals surface area contributed by atoms with Crippen molar-refractivity contribution >= 4 is 39.4 Å². The summed E-state index contributed by atoms with van der Waals surface area (Å²) in [7, 11) is 0. The third-order valence-corrected chi connectivity index (χ3v) is 5.90. The van der Waals surface area contributed by atoms with Gasteiger partial charge in [0.05, 0.1) is 17.7 Å². The summed E-state index contributed by atoms with van der Waals surface area (Å²) in [5, 5.41) is 0. The van der Waals surface area contributed by atoms with E-state index in [9.17, 15) is 18.8 Å². The normalized spacial score (nSPS) is 20.5. The zero-order valence-electron chi connectivity index (χ0n) is 15.7. The Labute approximate surface area is 175 Å². The highest BCUT2D eigenvalue weighted by Crippen LogP contribution is 2.44. The highest BCUT2D eigenvalue weighted by molar-refractivity contribution is 9.10. The lowest BCUT2D eigenvalue weighted by atomic mass is 9.98. The minimum atomic E-state index is -0.842. The number of anilines is 1. The van der Waals surface area contributed by atoms with Crippen LogP contribution >= 0.6 is 15.9 Å². The average Bonchev–Trinajstić information content (AvgIpc) is 2.99. The van der Waals surface area contributed by atoms with Gasteiger partial charge in [-0.05, 0) is 43.7 Å². The molecule has 0 saturated carbocycles. The van der Waals surface area contributed by atoms with Crippen LogP contribution in [-0.2, 0) is 9.59 Å². The first kappa shape index (κ1) is 19.6. The van der Waals surface area contributed by atoms with Crippen molar-refractivity contribution in [3.63, 3.8) is 0 Å². The Hall–Kier alpha value is -2.74. The summed E-state index contributed by atoms with van der Waals surface area (Å²) < 4.78 is 19.5. The molecule has 1 atom stereocenters. The van der Waals surface area contributed by atoms with Gasteiger partial charge in [-0.3, -0.25) is 19.3 Å². The van der Waals surface area contributed by atoms with Crippen LogP contribution in [0.3, 0.4) is 0 Å². The number of hydrogen-bond donors (Lipinski definition) is 0. The fourth-order valence-corrected chi connectivity index (χ4v) is 4.31. The van der Waals surface area contributed by atoms with Crippen LogP contribution in [0, 0.1) is 5.82 Å². The van der Waals surface area contributed by atoms with Gasteiger partial charge in [-0.1, -0.05) is 28.1 Å². The molecule has 150 valence electrons. The maximum atomic E-state index is 13.9. The highest BCUT2D eigenvalue weighted by atomic mass is 79.9. The topological polar surface area (TPSA) is 66.9 Å². The van der Waals surface area contributed by atoms with Crippen LogP contribution in [0.5, 0.6) is 5.75 Å². The number of carbonyl (C=O) groups is 3. The molecular weight excluding hydrogens is 443 g/mol. The van der Waals surface area contributed by atoms with Crippen LogP contribution in [0.25, 0.3) is 0 Å². The molecule has 1 saturated heterocycles. The maximum Gasteiger partial charge on any atom is 0.313 e. The molecular formula is C21H18BrFN2O4. The van der Waals surface area contributed by atoms with Gasteiger partial charge in [0.25, 0.3) is 5.91 Å². The van der Waals surface area contributed by atoms with E-state index in [0.29, 0.717) is 28.6 Å².